The molecule has 1 heterocycles. The highest BCUT2D eigenvalue weighted by atomic mass is 16.5. The minimum atomic E-state index is -0.290. The van der Waals surface area contributed by atoms with Crippen LogP contribution >= 0.6 is 0 Å². The van der Waals surface area contributed by atoms with E-state index in [0.29, 0.717) is 13.2 Å². The largest absolute Gasteiger partial charge is 0.379 e. The number of hydrogen-bond acceptors (Lipinski definition) is 3. The van der Waals surface area contributed by atoms with E-state index in [1.54, 1.807) is 0 Å². The van der Waals surface area contributed by atoms with E-state index in [-0.39, 0.29) is 11.9 Å². The van der Waals surface area contributed by atoms with Crippen LogP contribution < -0.4 is 5.32 Å². The molecule has 1 unspecified atom stereocenters. The van der Waals surface area contributed by atoms with Crippen molar-refractivity contribution in [3.05, 3.63) is 65.7 Å². The number of anilines is 1. The Morgan fingerprint density at radius 3 is 2.35 bits per heavy atom. The average Bonchev–Trinajstić information content (AvgIpc) is 2.59. The van der Waals surface area contributed by atoms with E-state index in [1.807, 2.05) is 61.5 Å². The summed E-state index contributed by atoms with van der Waals surface area (Å²) in [4.78, 5) is 15.1. The first-order valence-corrected chi connectivity index (χ1v) is 7.98. The molecule has 4 heteroatoms. The fourth-order valence-electron chi connectivity index (χ4n) is 2.85. The van der Waals surface area contributed by atoms with Gasteiger partial charge < -0.3 is 10.1 Å². The normalized spacial score (nSPS) is 16.7. The summed E-state index contributed by atoms with van der Waals surface area (Å²) in [5.41, 5.74) is 3.02. The molecule has 1 aliphatic rings. The lowest BCUT2D eigenvalue weighted by molar-refractivity contribution is -0.123. The van der Waals surface area contributed by atoms with Gasteiger partial charge in [-0.05, 0) is 24.6 Å². The van der Waals surface area contributed by atoms with Crippen LogP contribution in [-0.4, -0.2) is 37.1 Å². The van der Waals surface area contributed by atoms with E-state index >= 15 is 0 Å². The quantitative estimate of drug-likeness (QED) is 0.944. The number of rotatable bonds is 4. The van der Waals surface area contributed by atoms with Crippen LogP contribution in [0.15, 0.2) is 54.6 Å². The number of hydrogen-bond donors (Lipinski definition) is 1. The maximum absolute atomic E-state index is 12.9. The van der Waals surface area contributed by atoms with Crippen molar-refractivity contribution >= 4 is 11.6 Å². The van der Waals surface area contributed by atoms with Crippen LogP contribution in [0.5, 0.6) is 0 Å². The molecule has 1 aliphatic heterocycles. The van der Waals surface area contributed by atoms with Crippen LogP contribution in [-0.2, 0) is 9.53 Å². The number of aryl methyl sites for hydroxylation is 1. The van der Waals surface area contributed by atoms with E-state index in [9.17, 15) is 4.79 Å². The van der Waals surface area contributed by atoms with Crippen molar-refractivity contribution in [2.75, 3.05) is 31.6 Å². The zero-order valence-corrected chi connectivity index (χ0v) is 13.4. The Labute approximate surface area is 137 Å². The number of benzene rings is 2. The van der Waals surface area contributed by atoms with Crippen molar-refractivity contribution in [2.45, 2.75) is 13.0 Å². The summed E-state index contributed by atoms with van der Waals surface area (Å²) < 4.78 is 5.42. The molecule has 3 rings (SSSR count). The summed E-state index contributed by atoms with van der Waals surface area (Å²) in [5.74, 6) is 0.00181. The molecule has 2 aromatic carbocycles. The third-order valence-corrected chi connectivity index (χ3v) is 4.09. The molecule has 1 N–H and O–H groups in total. The lowest BCUT2D eigenvalue weighted by Gasteiger charge is -2.33. The van der Waals surface area contributed by atoms with Crippen molar-refractivity contribution in [1.29, 1.82) is 0 Å². The molecule has 1 saturated heterocycles. The van der Waals surface area contributed by atoms with Crippen LogP contribution in [0.3, 0.4) is 0 Å². The first-order chi connectivity index (χ1) is 11.2. The zero-order valence-electron chi connectivity index (χ0n) is 13.4. The molecule has 4 nitrogen and oxygen atoms in total. The van der Waals surface area contributed by atoms with Crippen molar-refractivity contribution in [1.82, 2.24) is 4.90 Å². The first-order valence-electron chi connectivity index (χ1n) is 7.98. The molecule has 1 amide bonds. The molecule has 0 aliphatic carbocycles. The predicted molar refractivity (Wildman–Crippen MR) is 91.4 cm³/mol. The van der Waals surface area contributed by atoms with Crippen molar-refractivity contribution < 1.29 is 9.53 Å². The lowest BCUT2D eigenvalue weighted by Crippen LogP contribution is -2.43. The highest BCUT2D eigenvalue weighted by Crippen LogP contribution is 2.24. The Kier molecular flexibility index (Phi) is 5.05. The number of nitrogens with one attached hydrogen (secondary N) is 1. The minimum Gasteiger partial charge on any atom is -0.379 e. The highest BCUT2D eigenvalue weighted by molar-refractivity contribution is 5.95. The summed E-state index contributed by atoms with van der Waals surface area (Å²) in [6, 6.07) is 17.5. The minimum absolute atomic E-state index is 0.00181. The molecule has 120 valence electrons. The Morgan fingerprint density at radius 1 is 1.04 bits per heavy atom. The monoisotopic (exact) mass is 310 g/mol. The molecule has 0 spiro atoms. The molecule has 0 radical (unpaired) electrons. The maximum Gasteiger partial charge on any atom is 0.246 e. The lowest BCUT2D eigenvalue weighted by atomic mass is 10.0. The number of morpholine rings is 1. The molecule has 1 fully saturated rings. The number of nitrogens with zero attached hydrogens (tertiary/aromatic N) is 1. The van der Waals surface area contributed by atoms with Crippen LogP contribution in [0.25, 0.3) is 0 Å². The molecule has 2 aromatic rings. The van der Waals surface area contributed by atoms with Gasteiger partial charge in [0.2, 0.25) is 5.91 Å². The first kappa shape index (κ1) is 15.7. The van der Waals surface area contributed by atoms with Gasteiger partial charge >= 0.3 is 0 Å². The van der Waals surface area contributed by atoms with Gasteiger partial charge in [-0.3, -0.25) is 9.69 Å². The average molecular weight is 310 g/mol. The number of carbonyl (C=O) groups excluding carboxylic acids is 1. The van der Waals surface area contributed by atoms with Gasteiger partial charge in [0, 0.05) is 18.8 Å². The Bertz CT molecular complexity index is 634. The van der Waals surface area contributed by atoms with Gasteiger partial charge in [-0.1, -0.05) is 48.0 Å². The van der Waals surface area contributed by atoms with Crippen molar-refractivity contribution in [3.63, 3.8) is 0 Å². The summed E-state index contributed by atoms with van der Waals surface area (Å²) >= 11 is 0. The second-order valence-corrected chi connectivity index (χ2v) is 5.82. The van der Waals surface area contributed by atoms with Gasteiger partial charge in [-0.25, -0.2) is 0 Å². The Morgan fingerprint density at radius 2 is 1.70 bits per heavy atom. The number of amides is 1. The van der Waals surface area contributed by atoms with Crippen molar-refractivity contribution in [3.8, 4) is 0 Å². The topological polar surface area (TPSA) is 41.6 Å². The third-order valence-electron chi connectivity index (χ3n) is 4.09. The van der Waals surface area contributed by atoms with Gasteiger partial charge in [0.1, 0.15) is 6.04 Å². The summed E-state index contributed by atoms with van der Waals surface area (Å²) in [6.45, 7) is 4.90. The number of ether oxygens (including phenoxy) is 1. The van der Waals surface area contributed by atoms with E-state index < -0.39 is 0 Å². The predicted octanol–water partition coefficient (Wildman–Crippen LogP) is 3.01. The Balaban J connectivity index is 1.82. The molecular weight excluding hydrogens is 288 g/mol. The van der Waals surface area contributed by atoms with Crippen molar-refractivity contribution in [2.24, 2.45) is 0 Å². The van der Waals surface area contributed by atoms with E-state index in [2.05, 4.69) is 10.2 Å². The summed E-state index contributed by atoms with van der Waals surface area (Å²) in [7, 11) is 0. The van der Waals surface area contributed by atoms with Crippen LogP contribution in [0, 0.1) is 6.92 Å². The van der Waals surface area contributed by atoms with Gasteiger partial charge in [0.05, 0.1) is 13.2 Å². The van der Waals surface area contributed by atoms with Gasteiger partial charge in [0.25, 0.3) is 0 Å². The standard InChI is InChI=1S/C19H22N2O2/c1-15-7-9-17(10-8-15)20-19(22)18(16-5-3-2-4-6-16)21-11-13-23-14-12-21/h2-10,18H,11-14H2,1H3,(H,20,22). The fraction of sp³-hybridized carbons (Fsp3) is 0.316. The van der Waals surface area contributed by atoms with Gasteiger partial charge in [-0.2, -0.15) is 0 Å². The molecule has 1 atom stereocenters. The van der Waals surface area contributed by atoms with Gasteiger partial charge in [-0.15, -0.1) is 0 Å². The molecule has 0 saturated carbocycles. The highest BCUT2D eigenvalue weighted by Gasteiger charge is 2.28. The molecule has 0 bridgehead atoms. The van der Waals surface area contributed by atoms with Gasteiger partial charge in [0.15, 0.2) is 0 Å². The van der Waals surface area contributed by atoms with Crippen LogP contribution in [0.1, 0.15) is 17.2 Å². The van der Waals surface area contributed by atoms with E-state index in [1.165, 1.54) is 5.56 Å². The van der Waals surface area contributed by atoms with Crippen LogP contribution in [0.4, 0.5) is 5.69 Å². The maximum atomic E-state index is 12.9. The fourth-order valence-corrected chi connectivity index (χ4v) is 2.85. The second kappa shape index (κ2) is 7.40. The van der Waals surface area contributed by atoms with E-state index in [4.69, 9.17) is 4.74 Å². The smallest absolute Gasteiger partial charge is 0.246 e. The third kappa shape index (κ3) is 3.97. The zero-order chi connectivity index (χ0) is 16.1. The molecular formula is C19H22N2O2. The summed E-state index contributed by atoms with van der Waals surface area (Å²) in [6.07, 6.45) is 0. The van der Waals surface area contributed by atoms with E-state index in [0.717, 1.165) is 24.3 Å². The second-order valence-electron chi connectivity index (χ2n) is 5.82. The summed E-state index contributed by atoms with van der Waals surface area (Å²) in [5, 5.41) is 3.04. The molecule has 23 heavy (non-hydrogen) atoms. The SMILES string of the molecule is Cc1ccc(NC(=O)C(c2ccccc2)N2CCOCC2)cc1. The number of carbonyl (C=O) groups is 1. The Hall–Kier alpha value is -2.17. The molecule has 0 aromatic heterocycles. The van der Waals surface area contributed by atoms with Crippen LogP contribution in [0.2, 0.25) is 0 Å².